The van der Waals surface area contributed by atoms with Crippen LogP contribution >= 0.6 is 0 Å². The van der Waals surface area contributed by atoms with E-state index in [0.29, 0.717) is 12.2 Å². The van der Waals surface area contributed by atoms with Gasteiger partial charge in [0.1, 0.15) is 12.4 Å². The number of hydrogen-bond donors (Lipinski definition) is 4. The van der Waals surface area contributed by atoms with Crippen LogP contribution in [-0.4, -0.2) is 65.7 Å². The third-order valence-electron chi connectivity index (χ3n) is 6.54. The number of anilines is 1. The van der Waals surface area contributed by atoms with Gasteiger partial charge in [0.2, 0.25) is 11.6 Å². The minimum Gasteiger partial charge on any atom is -0.508 e. The zero-order valence-electron chi connectivity index (χ0n) is 17.0. The highest BCUT2D eigenvalue weighted by molar-refractivity contribution is 6.26. The van der Waals surface area contributed by atoms with Gasteiger partial charge in [0.15, 0.2) is 5.72 Å². The molecule has 1 aliphatic carbocycles. The molecule has 2 fully saturated rings. The molecule has 1 aromatic rings. The van der Waals surface area contributed by atoms with E-state index in [0.717, 1.165) is 0 Å². The summed E-state index contributed by atoms with van der Waals surface area (Å²) in [7, 11) is 1.52. The van der Waals surface area contributed by atoms with Crippen LogP contribution in [0.2, 0.25) is 0 Å². The molecule has 1 aromatic carbocycles. The second-order valence-electron chi connectivity index (χ2n) is 8.10. The Labute approximate surface area is 177 Å². The van der Waals surface area contributed by atoms with Crippen molar-refractivity contribution in [1.29, 1.82) is 0 Å². The summed E-state index contributed by atoms with van der Waals surface area (Å²) < 4.78 is 11.0. The number of phenolic OH excluding ortho intramolecular Hbond substituents is 1. The lowest BCUT2D eigenvalue weighted by molar-refractivity contribution is -0.137. The fourth-order valence-electron chi connectivity index (χ4n) is 5.17. The van der Waals surface area contributed by atoms with E-state index in [1.807, 2.05) is 4.90 Å². The van der Waals surface area contributed by atoms with Crippen LogP contribution in [0.3, 0.4) is 0 Å². The van der Waals surface area contributed by atoms with E-state index in [9.17, 15) is 19.5 Å². The number of Topliss-reactive ketones (excluding diaryl/α,β-unsaturated/α-hetero) is 2. The zero-order chi connectivity index (χ0) is 22.1. The van der Waals surface area contributed by atoms with Crippen LogP contribution in [0.1, 0.15) is 6.92 Å². The maximum atomic E-state index is 13.6. The maximum Gasteiger partial charge on any atom is 0.404 e. The van der Waals surface area contributed by atoms with Crippen molar-refractivity contribution in [3.63, 3.8) is 0 Å². The first kappa shape index (κ1) is 19.6. The lowest BCUT2D eigenvalue weighted by Crippen LogP contribution is -2.55. The van der Waals surface area contributed by atoms with Gasteiger partial charge in [-0.15, -0.1) is 0 Å². The number of nitrogens with two attached hydrogens (primary N) is 1. The summed E-state index contributed by atoms with van der Waals surface area (Å²) in [5.41, 5.74) is 5.55. The average molecular weight is 426 g/mol. The standard InChI is InChI=1S/C21H22N4O6/c1-9-15(23-10-4-3-5-11(26)6-10)18(28)14-12(8-31-20(22)29)21(30-2)19-13(24-19)7-25(21)16(14)17(9)27/h3-6,12-13,19,23-24,26H,7-8H2,1-2H3,(H2,22,29)/t12-,13+,19+,21?/m0/s1. The van der Waals surface area contributed by atoms with Gasteiger partial charge in [0.05, 0.1) is 23.4 Å². The molecular formula is C21H22N4O6. The average Bonchev–Trinajstić information content (AvgIpc) is 3.34. The Balaban J connectivity index is 1.57. The number of aromatic hydroxyl groups is 1. The van der Waals surface area contributed by atoms with Gasteiger partial charge in [-0.25, -0.2) is 4.79 Å². The largest absolute Gasteiger partial charge is 0.508 e. The van der Waals surface area contributed by atoms with Crippen LogP contribution in [0.4, 0.5) is 10.5 Å². The summed E-state index contributed by atoms with van der Waals surface area (Å²) in [6, 6.07) is 6.29. The second kappa shape index (κ2) is 6.56. The number of phenols is 1. The number of allylic oxidation sites excluding steroid dienone is 2. The molecule has 0 bridgehead atoms. The number of benzene rings is 1. The van der Waals surface area contributed by atoms with Gasteiger partial charge >= 0.3 is 6.09 Å². The van der Waals surface area contributed by atoms with Crippen LogP contribution in [0.5, 0.6) is 5.75 Å². The van der Waals surface area contributed by atoms with E-state index in [-0.39, 0.29) is 58.5 Å². The van der Waals surface area contributed by atoms with Gasteiger partial charge in [-0.3, -0.25) is 9.59 Å². The zero-order valence-corrected chi connectivity index (χ0v) is 17.0. The Kier molecular flexibility index (Phi) is 4.15. The topological polar surface area (TPSA) is 153 Å². The van der Waals surface area contributed by atoms with Crippen molar-refractivity contribution in [3.8, 4) is 5.75 Å². The monoisotopic (exact) mass is 426 g/mol. The minimum absolute atomic E-state index is 0.0242. The summed E-state index contributed by atoms with van der Waals surface area (Å²) in [6.07, 6.45) is -0.968. The molecule has 1 unspecified atom stereocenters. The van der Waals surface area contributed by atoms with Gasteiger partial charge in [-0.2, -0.15) is 0 Å². The summed E-state index contributed by atoms with van der Waals surface area (Å²) in [4.78, 5) is 40.2. The molecule has 0 radical (unpaired) electrons. The summed E-state index contributed by atoms with van der Waals surface area (Å²) in [6.45, 7) is 1.90. The molecule has 0 spiro atoms. The van der Waals surface area contributed by atoms with Crippen LogP contribution < -0.4 is 16.4 Å². The van der Waals surface area contributed by atoms with Crippen molar-refractivity contribution in [1.82, 2.24) is 10.2 Å². The molecule has 1 amide bonds. The van der Waals surface area contributed by atoms with Gasteiger partial charge < -0.3 is 35.8 Å². The van der Waals surface area contributed by atoms with Crippen molar-refractivity contribution in [2.45, 2.75) is 24.7 Å². The number of nitrogens with zero attached hydrogens (tertiary/aromatic N) is 1. The lowest BCUT2D eigenvalue weighted by atomic mass is 9.82. The SMILES string of the molecule is COC12[C@@H]3N[C@@H]3CN1C1=C(C(=O)C(Nc3cccc(O)c3)=C(C)C1=O)[C@@H]2COC(N)=O. The van der Waals surface area contributed by atoms with E-state index in [1.165, 1.54) is 19.2 Å². The Morgan fingerprint density at radius 1 is 1.39 bits per heavy atom. The number of rotatable bonds is 5. The molecule has 4 atom stereocenters. The number of carbonyl (C=O) groups is 3. The van der Waals surface area contributed by atoms with E-state index in [4.69, 9.17) is 15.2 Å². The molecular weight excluding hydrogens is 404 g/mol. The highest BCUT2D eigenvalue weighted by Gasteiger charge is 2.72. The molecule has 5 rings (SSSR count). The third kappa shape index (κ3) is 2.61. The molecule has 4 aliphatic rings. The quantitative estimate of drug-likeness (QED) is 0.382. The molecule has 3 heterocycles. The van der Waals surface area contributed by atoms with E-state index >= 15 is 0 Å². The normalized spacial score (nSPS) is 30.9. The van der Waals surface area contributed by atoms with Crippen LogP contribution in [0.25, 0.3) is 0 Å². The molecule has 2 saturated heterocycles. The number of fused-ring (bicyclic) bond motifs is 4. The Hall–Kier alpha value is -3.37. The highest BCUT2D eigenvalue weighted by atomic mass is 16.6. The van der Waals surface area contributed by atoms with Crippen molar-refractivity contribution >= 4 is 23.3 Å². The van der Waals surface area contributed by atoms with Crippen molar-refractivity contribution in [2.24, 2.45) is 11.7 Å². The van der Waals surface area contributed by atoms with Gasteiger partial charge in [-0.1, -0.05) is 6.07 Å². The van der Waals surface area contributed by atoms with Crippen molar-refractivity contribution < 1.29 is 29.0 Å². The molecule has 10 heteroatoms. The molecule has 162 valence electrons. The number of hydrogen-bond acceptors (Lipinski definition) is 9. The molecule has 3 aliphatic heterocycles. The number of nitrogens with one attached hydrogen (secondary N) is 2. The van der Waals surface area contributed by atoms with Gasteiger partial charge in [0.25, 0.3) is 0 Å². The molecule has 31 heavy (non-hydrogen) atoms. The number of ketones is 2. The molecule has 0 aromatic heterocycles. The summed E-state index contributed by atoms with van der Waals surface area (Å²) in [5, 5.41) is 16.0. The number of piperazine rings is 1. The van der Waals surface area contributed by atoms with E-state index < -0.39 is 17.7 Å². The number of ether oxygens (including phenoxy) is 2. The Morgan fingerprint density at radius 2 is 2.16 bits per heavy atom. The minimum atomic E-state index is -1.02. The van der Waals surface area contributed by atoms with Crippen LogP contribution in [0.15, 0.2) is 46.8 Å². The molecule has 5 N–H and O–H groups in total. The fraction of sp³-hybridized carbons (Fsp3) is 0.381. The Bertz CT molecular complexity index is 1100. The van der Waals surface area contributed by atoms with Gasteiger partial charge in [-0.05, 0) is 19.1 Å². The van der Waals surface area contributed by atoms with Crippen LogP contribution in [-0.2, 0) is 19.1 Å². The first-order valence-electron chi connectivity index (χ1n) is 9.91. The first-order valence-corrected chi connectivity index (χ1v) is 9.91. The maximum absolute atomic E-state index is 13.6. The number of primary amides is 1. The number of carbonyl (C=O) groups excluding carboxylic acids is 3. The van der Waals surface area contributed by atoms with Gasteiger partial charge in [0, 0.05) is 42.6 Å². The summed E-state index contributed by atoms with van der Waals surface area (Å²) in [5.74, 6) is -1.34. The first-order chi connectivity index (χ1) is 14.8. The van der Waals surface area contributed by atoms with E-state index in [2.05, 4.69) is 10.6 Å². The van der Waals surface area contributed by atoms with E-state index in [1.54, 1.807) is 19.1 Å². The Morgan fingerprint density at radius 3 is 2.84 bits per heavy atom. The van der Waals surface area contributed by atoms with Crippen LogP contribution in [0, 0.1) is 5.92 Å². The second-order valence-corrected chi connectivity index (χ2v) is 8.10. The lowest BCUT2D eigenvalue weighted by Gasteiger charge is -2.39. The molecule has 10 nitrogen and oxygen atoms in total. The number of methoxy groups -OCH3 is 1. The summed E-state index contributed by atoms with van der Waals surface area (Å²) >= 11 is 0. The highest BCUT2D eigenvalue weighted by Crippen LogP contribution is 2.55. The molecule has 0 saturated carbocycles. The fourth-order valence-corrected chi connectivity index (χ4v) is 5.17. The van der Waals surface area contributed by atoms with Crippen molar-refractivity contribution in [3.05, 3.63) is 46.8 Å². The van der Waals surface area contributed by atoms with Crippen molar-refractivity contribution in [2.75, 3.05) is 25.6 Å². The smallest absolute Gasteiger partial charge is 0.404 e. The predicted molar refractivity (Wildman–Crippen MR) is 108 cm³/mol. The third-order valence-corrected chi connectivity index (χ3v) is 6.54. The predicted octanol–water partition coefficient (Wildman–Crippen LogP) is 0.208. The number of amides is 1.